The van der Waals surface area contributed by atoms with Gasteiger partial charge in [0.05, 0.1) is 10.6 Å². The van der Waals surface area contributed by atoms with Crippen molar-refractivity contribution in [2.45, 2.75) is 13.5 Å². The SMILES string of the molecule is CNc1snc(C)c1C(=O)OCc1ccc([N+](=O)[O-])cc1. The molecule has 2 rings (SSSR count). The van der Waals surface area contributed by atoms with Crippen molar-refractivity contribution in [2.75, 3.05) is 12.4 Å². The standard InChI is InChI=1S/C13H13N3O4S/c1-8-11(12(14-2)21-15-8)13(17)20-7-9-3-5-10(6-4-9)16(18)19/h3-6,14H,7H2,1-2H3. The molecule has 0 fully saturated rings. The number of aromatic nitrogens is 1. The lowest BCUT2D eigenvalue weighted by molar-refractivity contribution is -0.384. The number of nitrogens with one attached hydrogen (secondary N) is 1. The van der Waals surface area contributed by atoms with Gasteiger partial charge in [-0.15, -0.1) is 0 Å². The second kappa shape index (κ2) is 6.31. The fourth-order valence-electron chi connectivity index (χ4n) is 1.72. The van der Waals surface area contributed by atoms with Crippen LogP contribution < -0.4 is 5.32 Å². The number of hydrogen-bond donors (Lipinski definition) is 1. The molecule has 0 aliphatic heterocycles. The Kier molecular flexibility index (Phi) is 4.49. The molecule has 0 bridgehead atoms. The van der Waals surface area contributed by atoms with Gasteiger partial charge in [0.25, 0.3) is 5.69 Å². The Morgan fingerprint density at radius 1 is 1.43 bits per heavy atom. The van der Waals surface area contributed by atoms with E-state index in [9.17, 15) is 14.9 Å². The molecular weight excluding hydrogens is 294 g/mol. The normalized spacial score (nSPS) is 10.2. The van der Waals surface area contributed by atoms with Crippen molar-refractivity contribution < 1.29 is 14.5 Å². The number of rotatable bonds is 5. The molecule has 1 aromatic carbocycles. The molecule has 1 aromatic heterocycles. The number of nitrogens with zero attached hydrogens (tertiary/aromatic N) is 2. The fraction of sp³-hybridized carbons (Fsp3) is 0.231. The lowest BCUT2D eigenvalue weighted by Crippen LogP contribution is -2.08. The molecule has 2 aromatic rings. The average Bonchev–Trinajstić information content (AvgIpc) is 2.86. The van der Waals surface area contributed by atoms with Gasteiger partial charge in [-0.25, -0.2) is 4.79 Å². The Hall–Kier alpha value is -2.48. The number of anilines is 1. The zero-order chi connectivity index (χ0) is 15.4. The Balaban J connectivity index is 2.04. The second-order valence-corrected chi connectivity index (χ2v) is 5.00. The summed E-state index contributed by atoms with van der Waals surface area (Å²) in [4.78, 5) is 22.1. The predicted octanol–water partition coefficient (Wildman–Crippen LogP) is 2.76. The number of ether oxygens (including phenoxy) is 1. The molecule has 0 radical (unpaired) electrons. The van der Waals surface area contributed by atoms with Crippen molar-refractivity contribution in [2.24, 2.45) is 0 Å². The van der Waals surface area contributed by atoms with Crippen LogP contribution in [-0.4, -0.2) is 22.3 Å². The summed E-state index contributed by atoms with van der Waals surface area (Å²) in [6.07, 6.45) is 0. The molecule has 0 saturated carbocycles. The maximum Gasteiger partial charge on any atom is 0.343 e. The number of benzene rings is 1. The highest BCUT2D eigenvalue weighted by molar-refractivity contribution is 7.10. The molecular formula is C13H13N3O4S. The molecule has 0 aliphatic rings. The summed E-state index contributed by atoms with van der Waals surface area (Å²) in [5.41, 5.74) is 1.71. The topological polar surface area (TPSA) is 94.4 Å². The predicted molar refractivity (Wildman–Crippen MR) is 78.6 cm³/mol. The minimum absolute atomic E-state index is 0.000393. The Morgan fingerprint density at radius 3 is 2.67 bits per heavy atom. The number of non-ortho nitro benzene ring substituents is 1. The van der Waals surface area contributed by atoms with Gasteiger partial charge in [0.15, 0.2) is 0 Å². The zero-order valence-electron chi connectivity index (χ0n) is 11.5. The molecule has 1 N–H and O–H groups in total. The molecule has 110 valence electrons. The van der Waals surface area contributed by atoms with Gasteiger partial charge in [0.2, 0.25) is 0 Å². The highest BCUT2D eigenvalue weighted by atomic mass is 32.1. The van der Waals surface area contributed by atoms with E-state index in [0.29, 0.717) is 21.8 Å². The summed E-state index contributed by atoms with van der Waals surface area (Å²) in [6.45, 7) is 1.79. The first kappa shape index (κ1) is 14.9. The number of hydrogen-bond acceptors (Lipinski definition) is 7. The van der Waals surface area contributed by atoms with Crippen molar-refractivity contribution in [3.05, 3.63) is 51.2 Å². The first-order valence-electron chi connectivity index (χ1n) is 6.07. The minimum Gasteiger partial charge on any atom is -0.457 e. The summed E-state index contributed by atoms with van der Waals surface area (Å²) < 4.78 is 9.31. The summed E-state index contributed by atoms with van der Waals surface area (Å²) >= 11 is 1.19. The van der Waals surface area contributed by atoms with Crippen LogP contribution in [0, 0.1) is 17.0 Å². The average molecular weight is 307 g/mol. The van der Waals surface area contributed by atoms with Crippen LogP contribution in [0.1, 0.15) is 21.6 Å². The van der Waals surface area contributed by atoms with Gasteiger partial charge in [-0.2, -0.15) is 4.37 Å². The van der Waals surface area contributed by atoms with Gasteiger partial charge in [-0.3, -0.25) is 10.1 Å². The van der Waals surface area contributed by atoms with Gasteiger partial charge < -0.3 is 10.1 Å². The molecule has 0 spiro atoms. The van der Waals surface area contributed by atoms with E-state index in [-0.39, 0.29) is 12.3 Å². The van der Waals surface area contributed by atoms with Crippen LogP contribution in [0.3, 0.4) is 0 Å². The number of nitro groups is 1. The van der Waals surface area contributed by atoms with Crippen LogP contribution in [0.5, 0.6) is 0 Å². The van der Waals surface area contributed by atoms with Crippen LogP contribution in [0.25, 0.3) is 0 Å². The summed E-state index contributed by atoms with van der Waals surface area (Å²) in [6, 6.07) is 5.87. The molecule has 8 heteroatoms. The van der Waals surface area contributed by atoms with E-state index >= 15 is 0 Å². The van der Waals surface area contributed by atoms with Crippen molar-refractivity contribution in [1.82, 2.24) is 4.37 Å². The second-order valence-electron chi connectivity index (χ2n) is 4.22. The number of carbonyl (C=O) groups is 1. The van der Waals surface area contributed by atoms with Crippen molar-refractivity contribution in [1.29, 1.82) is 0 Å². The molecule has 21 heavy (non-hydrogen) atoms. The third kappa shape index (κ3) is 3.34. The Morgan fingerprint density at radius 2 is 2.10 bits per heavy atom. The van der Waals surface area contributed by atoms with Gasteiger partial charge in [-0.05, 0) is 36.2 Å². The maximum absolute atomic E-state index is 12.1. The smallest absolute Gasteiger partial charge is 0.343 e. The number of aryl methyl sites for hydroxylation is 1. The summed E-state index contributed by atoms with van der Waals surface area (Å²) in [5, 5.41) is 14.1. The van der Waals surface area contributed by atoms with Gasteiger partial charge in [0, 0.05) is 19.2 Å². The van der Waals surface area contributed by atoms with Crippen LogP contribution in [0.15, 0.2) is 24.3 Å². The number of nitro benzene ring substituents is 1. The van der Waals surface area contributed by atoms with Crippen molar-refractivity contribution >= 4 is 28.2 Å². The molecule has 1 heterocycles. The third-order valence-corrected chi connectivity index (χ3v) is 3.77. The van der Waals surface area contributed by atoms with E-state index in [1.54, 1.807) is 26.1 Å². The highest BCUT2D eigenvalue weighted by Gasteiger charge is 2.19. The molecule has 0 unspecified atom stereocenters. The fourth-order valence-corrected chi connectivity index (χ4v) is 2.45. The van der Waals surface area contributed by atoms with Crippen LogP contribution in [-0.2, 0) is 11.3 Å². The van der Waals surface area contributed by atoms with Crippen molar-refractivity contribution in [3.8, 4) is 0 Å². The monoisotopic (exact) mass is 307 g/mol. The quantitative estimate of drug-likeness (QED) is 0.518. The largest absolute Gasteiger partial charge is 0.457 e. The van der Waals surface area contributed by atoms with Crippen LogP contribution in [0.4, 0.5) is 10.7 Å². The molecule has 7 nitrogen and oxygen atoms in total. The molecule has 0 amide bonds. The first-order chi connectivity index (χ1) is 10.0. The van der Waals surface area contributed by atoms with Gasteiger partial charge in [0.1, 0.15) is 17.2 Å². The number of esters is 1. The van der Waals surface area contributed by atoms with E-state index in [2.05, 4.69) is 9.69 Å². The van der Waals surface area contributed by atoms with Crippen LogP contribution >= 0.6 is 11.5 Å². The van der Waals surface area contributed by atoms with Crippen LogP contribution in [0.2, 0.25) is 0 Å². The zero-order valence-corrected chi connectivity index (χ0v) is 12.3. The van der Waals surface area contributed by atoms with E-state index in [1.165, 1.54) is 23.7 Å². The molecule has 0 aliphatic carbocycles. The Labute approximate surface area is 124 Å². The van der Waals surface area contributed by atoms with Gasteiger partial charge in [-0.1, -0.05) is 0 Å². The number of carbonyl (C=O) groups excluding carboxylic acids is 1. The first-order valence-corrected chi connectivity index (χ1v) is 6.84. The lowest BCUT2D eigenvalue weighted by Gasteiger charge is -2.06. The summed E-state index contributed by atoms with van der Waals surface area (Å²) in [7, 11) is 1.71. The highest BCUT2D eigenvalue weighted by Crippen LogP contribution is 2.25. The summed E-state index contributed by atoms with van der Waals surface area (Å²) in [5.74, 6) is -0.469. The maximum atomic E-state index is 12.1. The van der Waals surface area contributed by atoms with E-state index in [4.69, 9.17) is 4.74 Å². The lowest BCUT2D eigenvalue weighted by atomic mass is 10.2. The van der Waals surface area contributed by atoms with Crippen molar-refractivity contribution in [3.63, 3.8) is 0 Å². The Bertz CT molecular complexity index is 667. The van der Waals surface area contributed by atoms with E-state index in [1.807, 2.05) is 0 Å². The molecule has 0 atom stereocenters. The van der Waals surface area contributed by atoms with E-state index < -0.39 is 10.9 Å². The third-order valence-electron chi connectivity index (χ3n) is 2.81. The van der Waals surface area contributed by atoms with E-state index in [0.717, 1.165) is 0 Å². The van der Waals surface area contributed by atoms with Gasteiger partial charge >= 0.3 is 5.97 Å². The molecule has 0 saturated heterocycles. The minimum atomic E-state index is -0.477.